The first-order valence-electron chi connectivity index (χ1n) is 9.56. The number of hydrogen-bond donors (Lipinski definition) is 1. The molecule has 1 amide bonds. The third-order valence-electron chi connectivity index (χ3n) is 4.47. The highest BCUT2D eigenvalue weighted by Gasteiger charge is 2.01. The molecule has 4 heteroatoms. The Labute approximate surface area is 177 Å². The minimum absolute atomic E-state index is 0.173. The zero-order valence-corrected chi connectivity index (χ0v) is 17.3. The molecule has 0 saturated heterocycles. The van der Waals surface area contributed by atoms with Crippen molar-refractivity contribution in [3.05, 3.63) is 101 Å². The summed E-state index contributed by atoms with van der Waals surface area (Å²) in [7, 11) is 0. The highest BCUT2D eigenvalue weighted by molar-refractivity contribution is 6.30. The van der Waals surface area contributed by atoms with Crippen molar-refractivity contribution in [2.45, 2.75) is 26.4 Å². The fraction of sp³-hybridized carbons (Fsp3) is 0.160. The summed E-state index contributed by atoms with van der Waals surface area (Å²) >= 11 is 5.88. The van der Waals surface area contributed by atoms with Gasteiger partial charge in [-0.1, -0.05) is 61.8 Å². The van der Waals surface area contributed by atoms with Crippen molar-refractivity contribution in [3.63, 3.8) is 0 Å². The number of nitrogens with one attached hydrogen (secondary N) is 1. The molecule has 0 aliphatic rings. The van der Waals surface area contributed by atoms with Gasteiger partial charge in [-0.3, -0.25) is 4.79 Å². The van der Waals surface area contributed by atoms with Crippen molar-refractivity contribution in [1.82, 2.24) is 0 Å². The number of halogens is 1. The molecule has 0 radical (unpaired) electrons. The minimum atomic E-state index is -0.173. The number of hydrogen-bond acceptors (Lipinski definition) is 2. The van der Waals surface area contributed by atoms with Crippen LogP contribution in [0.25, 0.3) is 6.08 Å². The van der Waals surface area contributed by atoms with E-state index in [9.17, 15) is 4.79 Å². The van der Waals surface area contributed by atoms with Crippen molar-refractivity contribution in [2.24, 2.45) is 0 Å². The van der Waals surface area contributed by atoms with Crippen molar-refractivity contribution in [3.8, 4) is 5.75 Å². The molecule has 0 unspecified atom stereocenters. The lowest BCUT2D eigenvalue weighted by molar-refractivity contribution is -0.111. The van der Waals surface area contributed by atoms with Gasteiger partial charge in [0, 0.05) is 16.8 Å². The highest BCUT2D eigenvalue weighted by atomic mass is 35.5. The van der Waals surface area contributed by atoms with Crippen LogP contribution in [0.5, 0.6) is 5.75 Å². The average Bonchev–Trinajstić information content (AvgIpc) is 2.73. The van der Waals surface area contributed by atoms with Gasteiger partial charge in [-0.15, -0.1) is 0 Å². The summed E-state index contributed by atoms with van der Waals surface area (Å²) in [6, 6.07) is 23.1. The van der Waals surface area contributed by atoms with E-state index in [1.54, 1.807) is 0 Å². The Kier molecular flexibility index (Phi) is 7.09. The lowest BCUT2D eigenvalue weighted by Gasteiger charge is -2.08. The first kappa shape index (κ1) is 20.7. The van der Waals surface area contributed by atoms with Crippen LogP contribution in [0.4, 0.5) is 5.69 Å². The van der Waals surface area contributed by atoms with Crippen LogP contribution in [0, 0.1) is 0 Å². The number of amides is 1. The van der Waals surface area contributed by atoms with Gasteiger partial charge in [0.25, 0.3) is 0 Å². The molecule has 3 aromatic carbocycles. The van der Waals surface area contributed by atoms with E-state index in [1.807, 2.05) is 66.7 Å². The van der Waals surface area contributed by atoms with E-state index in [1.165, 1.54) is 11.6 Å². The molecule has 0 heterocycles. The minimum Gasteiger partial charge on any atom is -0.489 e. The second kappa shape index (κ2) is 9.94. The Bertz CT molecular complexity index is 959. The Hall–Kier alpha value is -3.04. The molecule has 148 valence electrons. The third-order valence-corrected chi connectivity index (χ3v) is 4.72. The van der Waals surface area contributed by atoms with Crippen LogP contribution in [0.1, 0.15) is 36.5 Å². The number of carbonyl (C=O) groups is 1. The Morgan fingerprint density at radius 3 is 2.24 bits per heavy atom. The smallest absolute Gasteiger partial charge is 0.248 e. The maximum absolute atomic E-state index is 12.1. The molecule has 29 heavy (non-hydrogen) atoms. The average molecular weight is 406 g/mol. The van der Waals surface area contributed by atoms with Gasteiger partial charge in [0.05, 0.1) is 0 Å². The summed E-state index contributed by atoms with van der Waals surface area (Å²) in [5, 5.41) is 3.56. The fourth-order valence-electron chi connectivity index (χ4n) is 2.73. The van der Waals surface area contributed by atoms with Crippen molar-refractivity contribution < 1.29 is 9.53 Å². The van der Waals surface area contributed by atoms with Crippen LogP contribution in [0.3, 0.4) is 0 Å². The second-order valence-corrected chi connectivity index (χ2v) is 7.52. The van der Waals surface area contributed by atoms with Crippen LogP contribution < -0.4 is 10.1 Å². The molecule has 0 aliphatic heterocycles. The number of carbonyl (C=O) groups excluding carboxylic acids is 1. The number of rotatable bonds is 7. The van der Waals surface area contributed by atoms with Crippen molar-refractivity contribution >= 4 is 29.3 Å². The van der Waals surface area contributed by atoms with Gasteiger partial charge in [0.2, 0.25) is 5.91 Å². The summed E-state index contributed by atoms with van der Waals surface area (Å²) in [6.07, 6.45) is 3.35. The van der Waals surface area contributed by atoms with E-state index in [2.05, 4.69) is 31.3 Å². The molecule has 3 aromatic rings. The molecule has 0 bridgehead atoms. The maximum Gasteiger partial charge on any atom is 0.248 e. The lowest BCUT2D eigenvalue weighted by Crippen LogP contribution is -2.07. The predicted molar refractivity (Wildman–Crippen MR) is 120 cm³/mol. The third kappa shape index (κ3) is 6.51. The van der Waals surface area contributed by atoms with E-state index in [0.717, 1.165) is 16.9 Å². The monoisotopic (exact) mass is 405 g/mol. The quantitative estimate of drug-likeness (QED) is 0.444. The SMILES string of the molecule is CC(C)c1ccc(/C=C/C(=O)Nc2ccc(OCc3ccc(Cl)cc3)cc2)cc1. The van der Waals surface area contributed by atoms with Crippen LogP contribution in [-0.2, 0) is 11.4 Å². The number of anilines is 1. The van der Waals surface area contributed by atoms with Crippen LogP contribution in [0.15, 0.2) is 78.9 Å². The van der Waals surface area contributed by atoms with E-state index in [0.29, 0.717) is 23.2 Å². The second-order valence-electron chi connectivity index (χ2n) is 7.08. The molecule has 3 rings (SSSR count). The van der Waals surface area contributed by atoms with E-state index < -0.39 is 0 Å². The Morgan fingerprint density at radius 1 is 0.966 bits per heavy atom. The van der Waals surface area contributed by atoms with Crippen LogP contribution in [0.2, 0.25) is 5.02 Å². The van der Waals surface area contributed by atoms with Gasteiger partial charge in [-0.2, -0.15) is 0 Å². The Balaban J connectivity index is 1.50. The summed E-state index contributed by atoms with van der Waals surface area (Å²) in [6.45, 7) is 4.78. The van der Waals surface area contributed by atoms with Crippen molar-refractivity contribution in [2.75, 3.05) is 5.32 Å². The first-order valence-corrected chi connectivity index (χ1v) is 9.94. The van der Waals surface area contributed by atoms with Gasteiger partial charge < -0.3 is 10.1 Å². The van der Waals surface area contributed by atoms with E-state index >= 15 is 0 Å². The molecular weight excluding hydrogens is 382 g/mol. The predicted octanol–water partition coefficient (Wildman–Crippen LogP) is 6.69. The van der Waals surface area contributed by atoms with Gasteiger partial charge in [-0.25, -0.2) is 0 Å². The normalized spacial score (nSPS) is 11.0. The highest BCUT2D eigenvalue weighted by Crippen LogP contribution is 2.18. The maximum atomic E-state index is 12.1. The van der Waals surface area contributed by atoms with Gasteiger partial charge in [0.1, 0.15) is 12.4 Å². The summed E-state index contributed by atoms with van der Waals surface area (Å²) in [5.74, 6) is 1.06. The molecule has 3 nitrogen and oxygen atoms in total. The van der Waals surface area contributed by atoms with Gasteiger partial charge >= 0.3 is 0 Å². The van der Waals surface area contributed by atoms with Crippen molar-refractivity contribution in [1.29, 1.82) is 0 Å². The molecule has 0 aliphatic carbocycles. The van der Waals surface area contributed by atoms with Gasteiger partial charge in [0.15, 0.2) is 0 Å². The zero-order valence-electron chi connectivity index (χ0n) is 16.6. The zero-order chi connectivity index (χ0) is 20.6. The molecule has 0 aromatic heterocycles. The standard InChI is InChI=1S/C25H24ClNO2/c1-18(2)21-8-3-19(4-9-21)7-16-25(28)27-23-12-14-24(15-13-23)29-17-20-5-10-22(26)11-6-20/h3-16,18H,17H2,1-2H3,(H,27,28)/b16-7+. The first-order chi connectivity index (χ1) is 14.0. The van der Waals surface area contributed by atoms with Crippen LogP contribution in [-0.4, -0.2) is 5.91 Å². The summed E-state index contributed by atoms with van der Waals surface area (Å²) < 4.78 is 5.75. The van der Waals surface area contributed by atoms with E-state index in [-0.39, 0.29) is 5.91 Å². The van der Waals surface area contributed by atoms with Crippen LogP contribution >= 0.6 is 11.6 Å². The largest absolute Gasteiger partial charge is 0.489 e. The Morgan fingerprint density at radius 2 is 1.62 bits per heavy atom. The molecular formula is C25H24ClNO2. The molecule has 0 atom stereocenters. The topological polar surface area (TPSA) is 38.3 Å². The number of ether oxygens (including phenoxy) is 1. The molecule has 0 fully saturated rings. The lowest BCUT2D eigenvalue weighted by atomic mass is 10.0. The van der Waals surface area contributed by atoms with E-state index in [4.69, 9.17) is 16.3 Å². The summed E-state index contributed by atoms with van der Waals surface area (Å²) in [4.78, 5) is 12.1. The summed E-state index contributed by atoms with van der Waals surface area (Å²) in [5.41, 5.74) is 4.03. The number of benzene rings is 3. The van der Waals surface area contributed by atoms with Gasteiger partial charge in [-0.05, 0) is 65.1 Å². The molecule has 0 saturated carbocycles. The fourth-order valence-corrected chi connectivity index (χ4v) is 2.86. The molecule has 1 N–H and O–H groups in total. The molecule has 0 spiro atoms.